The predicted octanol–water partition coefficient (Wildman–Crippen LogP) is 0.342. The normalized spacial score (nSPS) is 19.2. The van der Waals surface area contributed by atoms with Crippen molar-refractivity contribution in [2.75, 3.05) is 19.7 Å². The number of aromatic nitrogens is 4. The molecule has 2 aromatic heterocycles. The maximum Gasteiger partial charge on any atom is 0.217 e. The summed E-state index contributed by atoms with van der Waals surface area (Å²) in [5.74, 6) is 0.741. The summed E-state index contributed by atoms with van der Waals surface area (Å²) in [6.45, 7) is 5.09. The Balaban J connectivity index is 1.58. The van der Waals surface area contributed by atoms with Gasteiger partial charge in [0.05, 0.1) is 25.0 Å². The molecule has 1 saturated heterocycles. The summed E-state index contributed by atoms with van der Waals surface area (Å²) < 4.78 is 5.80. The molecular formula is C14H20N6O2. The first-order valence-corrected chi connectivity index (χ1v) is 7.31. The number of imidazole rings is 1. The zero-order valence-electron chi connectivity index (χ0n) is 12.5. The molecule has 0 spiro atoms. The maximum absolute atomic E-state index is 10.9. The van der Waals surface area contributed by atoms with Crippen LogP contribution in [0.4, 0.5) is 0 Å². The van der Waals surface area contributed by atoms with Crippen LogP contribution in [0.15, 0.2) is 18.5 Å². The third-order valence-corrected chi connectivity index (χ3v) is 3.58. The Morgan fingerprint density at radius 1 is 1.55 bits per heavy atom. The van der Waals surface area contributed by atoms with Gasteiger partial charge in [-0.15, -0.1) is 0 Å². The monoisotopic (exact) mass is 304 g/mol. The van der Waals surface area contributed by atoms with Gasteiger partial charge >= 0.3 is 0 Å². The van der Waals surface area contributed by atoms with E-state index in [1.165, 1.54) is 6.92 Å². The summed E-state index contributed by atoms with van der Waals surface area (Å²) >= 11 is 0. The standard InChI is InChI=1S/C14H20N6O2/c1-10(21)15-6-12-7-16-14(18-12)13-9-20(4-5-22-13)8-11-2-3-17-19-11/h2-3,7,13H,4-6,8-9H2,1H3,(H,15,21)(H,16,18)(H,17,19)/t13-/m0/s1. The fourth-order valence-corrected chi connectivity index (χ4v) is 2.47. The van der Waals surface area contributed by atoms with Gasteiger partial charge in [-0.05, 0) is 6.07 Å². The van der Waals surface area contributed by atoms with Crippen molar-refractivity contribution in [2.45, 2.75) is 26.1 Å². The number of hydrogen-bond donors (Lipinski definition) is 3. The Kier molecular flexibility index (Phi) is 4.50. The first-order valence-electron chi connectivity index (χ1n) is 7.31. The molecule has 8 nitrogen and oxygen atoms in total. The van der Waals surface area contributed by atoms with Crippen LogP contribution in [0.3, 0.4) is 0 Å². The number of amides is 1. The molecule has 8 heteroatoms. The number of nitrogens with zero attached hydrogens (tertiary/aromatic N) is 3. The van der Waals surface area contributed by atoms with Gasteiger partial charge in [-0.2, -0.15) is 5.10 Å². The Morgan fingerprint density at radius 3 is 3.23 bits per heavy atom. The van der Waals surface area contributed by atoms with E-state index in [-0.39, 0.29) is 12.0 Å². The SMILES string of the molecule is CC(=O)NCc1cnc([C@@H]2CN(Cc3ccn[nH]3)CCO2)[nH]1. The van der Waals surface area contributed by atoms with Crippen LogP contribution in [0.25, 0.3) is 0 Å². The summed E-state index contributed by atoms with van der Waals surface area (Å²) in [7, 11) is 0. The minimum atomic E-state index is -0.0808. The van der Waals surface area contributed by atoms with Crippen molar-refractivity contribution in [3.05, 3.63) is 35.7 Å². The maximum atomic E-state index is 10.9. The lowest BCUT2D eigenvalue weighted by Gasteiger charge is -2.31. The highest BCUT2D eigenvalue weighted by Gasteiger charge is 2.24. The topological polar surface area (TPSA) is 98.9 Å². The highest BCUT2D eigenvalue weighted by atomic mass is 16.5. The van der Waals surface area contributed by atoms with E-state index in [4.69, 9.17) is 4.74 Å². The Labute approximate surface area is 128 Å². The van der Waals surface area contributed by atoms with E-state index in [2.05, 4.69) is 30.4 Å². The molecule has 1 atom stereocenters. The van der Waals surface area contributed by atoms with Crippen LogP contribution in [-0.2, 0) is 22.6 Å². The van der Waals surface area contributed by atoms with E-state index >= 15 is 0 Å². The number of hydrogen-bond acceptors (Lipinski definition) is 5. The van der Waals surface area contributed by atoms with E-state index in [1.54, 1.807) is 12.4 Å². The lowest BCUT2D eigenvalue weighted by molar-refractivity contribution is -0.119. The average molecular weight is 304 g/mol. The van der Waals surface area contributed by atoms with Gasteiger partial charge in [-0.3, -0.25) is 14.8 Å². The van der Waals surface area contributed by atoms with E-state index < -0.39 is 0 Å². The molecule has 0 unspecified atom stereocenters. The van der Waals surface area contributed by atoms with E-state index in [1.807, 2.05) is 6.07 Å². The van der Waals surface area contributed by atoms with Crippen molar-refractivity contribution >= 4 is 5.91 Å². The molecule has 1 fully saturated rings. The van der Waals surface area contributed by atoms with Crippen molar-refractivity contribution in [3.8, 4) is 0 Å². The minimum absolute atomic E-state index is 0.0594. The number of carbonyl (C=O) groups is 1. The fraction of sp³-hybridized carbons (Fsp3) is 0.500. The van der Waals surface area contributed by atoms with Gasteiger partial charge in [-0.25, -0.2) is 4.98 Å². The molecule has 3 heterocycles. The van der Waals surface area contributed by atoms with Gasteiger partial charge in [0, 0.05) is 38.4 Å². The molecule has 0 aromatic carbocycles. The van der Waals surface area contributed by atoms with Gasteiger partial charge < -0.3 is 15.0 Å². The number of aromatic amines is 2. The second-order valence-corrected chi connectivity index (χ2v) is 5.38. The summed E-state index contributed by atoms with van der Waals surface area (Å²) in [6.07, 6.45) is 3.42. The molecule has 22 heavy (non-hydrogen) atoms. The number of nitrogens with one attached hydrogen (secondary N) is 3. The van der Waals surface area contributed by atoms with Crippen LogP contribution in [-0.4, -0.2) is 50.7 Å². The third kappa shape index (κ3) is 3.71. The molecule has 2 aromatic rings. The van der Waals surface area contributed by atoms with E-state index in [0.29, 0.717) is 13.2 Å². The number of morpholine rings is 1. The van der Waals surface area contributed by atoms with Crippen molar-refractivity contribution < 1.29 is 9.53 Å². The van der Waals surface area contributed by atoms with Crippen LogP contribution in [0.1, 0.15) is 30.2 Å². The Bertz CT molecular complexity index is 609. The van der Waals surface area contributed by atoms with Crippen molar-refractivity contribution in [1.29, 1.82) is 0 Å². The van der Waals surface area contributed by atoms with Crippen LogP contribution in [0.2, 0.25) is 0 Å². The van der Waals surface area contributed by atoms with Crippen LogP contribution in [0, 0.1) is 0 Å². The average Bonchev–Trinajstić information content (AvgIpc) is 3.16. The van der Waals surface area contributed by atoms with E-state index in [0.717, 1.165) is 36.8 Å². The molecular weight excluding hydrogens is 284 g/mol. The van der Waals surface area contributed by atoms with E-state index in [9.17, 15) is 4.79 Å². The highest BCUT2D eigenvalue weighted by Crippen LogP contribution is 2.20. The molecule has 3 rings (SSSR count). The first kappa shape index (κ1) is 14.7. The number of rotatable bonds is 5. The molecule has 1 amide bonds. The quantitative estimate of drug-likeness (QED) is 0.740. The highest BCUT2D eigenvalue weighted by molar-refractivity contribution is 5.72. The van der Waals surface area contributed by atoms with Crippen molar-refractivity contribution in [1.82, 2.24) is 30.4 Å². The predicted molar refractivity (Wildman–Crippen MR) is 78.7 cm³/mol. The second-order valence-electron chi connectivity index (χ2n) is 5.38. The smallest absolute Gasteiger partial charge is 0.217 e. The first-order chi connectivity index (χ1) is 10.7. The van der Waals surface area contributed by atoms with Crippen molar-refractivity contribution in [3.63, 3.8) is 0 Å². The zero-order valence-corrected chi connectivity index (χ0v) is 12.5. The lowest BCUT2D eigenvalue weighted by atomic mass is 10.2. The number of carbonyl (C=O) groups excluding carboxylic acids is 1. The molecule has 0 radical (unpaired) electrons. The third-order valence-electron chi connectivity index (χ3n) is 3.58. The van der Waals surface area contributed by atoms with Gasteiger partial charge in [0.1, 0.15) is 11.9 Å². The molecule has 0 saturated carbocycles. The summed E-state index contributed by atoms with van der Waals surface area (Å²) in [5.41, 5.74) is 1.96. The van der Waals surface area contributed by atoms with Gasteiger partial charge in [0.25, 0.3) is 0 Å². The summed E-state index contributed by atoms with van der Waals surface area (Å²) in [4.78, 5) is 20.8. The van der Waals surface area contributed by atoms with Crippen LogP contribution >= 0.6 is 0 Å². The van der Waals surface area contributed by atoms with Crippen LogP contribution in [0.5, 0.6) is 0 Å². The summed E-state index contributed by atoms with van der Waals surface area (Å²) in [5, 5.41) is 9.69. The van der Waals surface area contributed by atoms with Gasteiger partial charge in [-0.1, -0.05) is 0 Å². The van der Waals surface area contributed by atoms with Crippen molar-refractivity contribution in [2.24, 2.45) is 0 Å². The Morgan fingerprint density at radius 2 is 2.45 bits per heavy atom. The fourth-order valence-electron chi connectivity index (χ4n) is 2.47. The Hall–Kier alpha value is -2.19. The summed E-state index contributed by atoms with van der Waals surface area (Å²) in [6, 6.07) is 1.98. The lowest BCUT2D eigenvalue weighted by Crippen LogP contribution is -2.38. The molecule has 3 N–H and O–H groups in total. The minimum Gasteiger partial charge on any atom is -0.368 e. The molecule has 0 aliphatic carbocycles. The molecule has 1 aliphatic rings. The number of ether oxygens (including phenoxy) is 1. The second kappa shape index (κ2) is 6.71. The number of H-pyrrole nitrogens is 2. The molecule has 0 bridgehead atoms. The van der Waals surface area contributed by atoms with Gasteiger partial charge in [0.15, 0.2) is 0 Å². The van der Waals surface area contributed by atoms with Gasteiger partial charge in [0.2, 0.25) is 5.91 Å². The zero-order chi connectivity index (χ0) is 15.4. The molecule has 118 valence electrons. The largest absolute Gasteiger partial charge is 0.368 e. The van der Waals surface area contributed by atoms with Crippen LogP contribution < -0.4 is 5.32 Å². The molecule has 1 aliphatic heterocycles.